The summed E-state index contributed by atoms with van der Waals surface area (Å²) in [6.45, 7) is 10.9. The Hall–Kier alpha value is -5.97. The Labute approximate surface area is 309 Å². The molecule has 4 aromatic heterocycles. The number of ether oxygens (including phenoxy) is 2. The van der Waals surface area contributed by atoms with Crippen LogP contribution in [0.25, 0.3) is 11.6 Å². The van der Waals surface area contributed by atoms with Crippen LogP contribution in [0.1, 0.15) is 25.2 Å². The number of aryl methyl sites for hydroxylation is 2. The molecule has 286 valence electrons. The van der Waals surface area contributed by atoms with Crippen molar-refractivity contribution in [3.8, 4) is 11.6 Å². The molecule has 0 amide bonds. The highest BCUT2D eigenvalue weighted by Crippen LogP contribution is 2.29. The van der Waals surface area contributed by atoms with Gasteiger partial charge < -0.3 is 19.3 Å². The van der Waals surface area contributed by atoms with Crippen molar-refractivity contribution in [2.45, 2.75) is 44.7 Å². The standard InChI is InChI=1S/2C13H16N6O3.C6H6O3S/c2*1-9-7-22-6-5-18(9)13-15-10(2)11(19(20)21)12(16-13)17-4-3-14-8-17;7-10(8,9)6-4-2-1-3-5-6/h2*3-4,8-9H,5-7H2,1-2H3;1-5H,(H,7,8,9)/t2*9-;/m00./s1. The zero-order valence-corrected chi connectivity index (χ0v) is 30.6. The molecule has 54 heavy (non-hydrogen) atoms. The van der Waals surface area contributed by atoms with Crippen LogP contribution < -0.4 is 9.80 Å². The second-order valence-electron chi connectivity index (χ2n) is 12.0. The van der Waals surface area contributed by atoms with Crippen LogP contribution in [0.3, 0.4) is 0 Å². The Morgan fingerprint density at radius 3 is 1.48 bits per heavy atom. The van der Waals surface area contributed by atoms with Gasteiger partial charge in [0, 0.05) is 37.9 Å². The van der Waals surface area contributed by atoms with E-state index in [1.54, 1.807) is 56.8 Å². The third kappa shape index (κ3) is 9.33. The fourth-order valence-corrected chi connectivity index (χ4v) is 6.03. The van der Waals surface area contributed by atoms with Gasteiger partial charge in [0.1, 0.15) is 24.0 Å². The van der Waals surface area contributed by atoms with Crippen LogP contribution >= 0.6 is 0 Å². The van der Waals surface area contributed by atoms with Crippen molar-refractivity contribution in [3.63, 3.8) is 0 Å². The third-order valence-corrected chi connectivity index (χ3v) is 9.08. The van der Waals surface area contributed by atoms with Gasteiger partial charge in [-0.3, -0.25) is 33.9 Å². The summed E-state index contributed by atoms with van der Waals surface area (Å²) in [6, 6.07) is 7.65. The highest BCUT2D eigenvalue weighted by Gasteiger charge is 2.29. The van der Waals surface area contributed by atoms with E-state index in [0.717, 1.165) is 0 Å². The van der Waals surface area contributed by atoms with Gasteiger partial charge in [-0.2, -0.15) is 18.4 Å². The second kappa shape index (κ2) is 17.2. The second-order valence-corrected chi connectivity index (χ2v) is 13.5. The SMILES string of the molecule is Cc1nc(N2CCOC[C@@H]2C)nc(-n2ccnc2)c1[N+](=O)[O-].Cc1nc(N2CCOC[C@@H]2C)nc(-n2ccnc2)c1[N+](=O)[O-].O=S(=O)(O)c1ccccc1. The first-order chi connectivity index (χ1) is 25.8. The lowest BCUT2D eigenvalue weighted by Crippen LogP contribution is -2.44. The molecule has 0 unspecified atom stereocenters. The predicted octanol–water partition coefficient (Wildman–Crippen LogP) is 3.14. The Kier molecular flexibility index (Phi) is 12.5. The number of aromatic nitrogens is 8. The number of hydrogen-bond acceptors (Lipinski definition) is 16. The van der Waals surface area contributed by atoms with Crippen LogP contribution in [0.4, 0.5) is 23.3 Å². The van der Waals surface area contributed by atoms with E-state index in [1.165, 1.54) is 33.9 Å². The van der Waals surface area contributed by atoms with Gasteiger partial charge in [-0.05, 0) is 39.8 Å². The normalized spacial score (nSPS) is 17.1. The van der Waals surface area contributed by atoms with Crippen molar-refractivity contribution in [1.82, 2.24) is 39.0 Å². The van der Waals surface area contributed by atoms with Gasteiger partial charge >= 0.3 is 11.4 Å². The average Bonchev–Trinajstić information content (AvgIpc) is 3.88. The van der Waals surface area contributed by atoms with Gasteiger partial charge in [0.05, 0.1) is 53.3 Å². The maximum Gasteiger partial charge on any atom is 0.333 e. The number of nitro groups is 2. The van der Waals surface area contributed by atoms with Crippen LogP contribution in [-0.2, 0) is 19.6 Å². The molecule has 0 spiro atoms. The fraction of sp³-hybridized carbons (Fsp3) is 0.375. The summed E-state index contributed by atoms with van der Waals surface area (Å²) in [5, 5.41) is 22.7. The molecular formula is C32H38N12O9S. The Balaban J connectivity index is 0.000000167. The van der Waals surface area contributed by atoms with Crippen LogP contribution in [0.2, 0.25) is 0 Å². The summed E-state index contributed by atoms with van der Waals surface area (Å²) < 4.78 is 43.1. The number of hydrogen-bond donors (Lipinski definition) is 1. The highest BCUT2D eigenvalue weighted by atomic mass is 32.2. The van der Waals surface area contributed by atoms with Crippen LogP contribution in [0.15, 0.2) is 72.7 Å². The molecule has 0 saturated carbocycles. The highest BCUT2D eigenvalue weighted by molar-refractivity contribution is 7.85. The zero-order valence-electron chi connectivity index (χ0n) is 29.7. The van der Waals surface area contributed by atoms with E-state index in [0.29, 0.717) is 62.8 Å². The lowest BCUT2D eigenvalue weighted by Gasteiger charge is -2.33. The molecule has 0 radical (unpaired) electrons. The minimum absolute atomic E-state index is 0.0741. The first-order valence-electron chi connectivity index (χ1n) is 16.5. The van der Waals surface area contributed by atoms with Crippen molar-refractivity contribution < 1.29 is 32.3 Å². The van der Waals surface area contributed by atoms with Gasteiger partial charge in [-0.1, -0.05) is 18.2 Å². The van der Waals surface area contributed by atoms with Gasteiger partial charge in [0.25, 0.3) is 10.1 Å². The van der Waals surface area contributed by atoms with Gasteiger partial charge in [0.15, 0.2) is 0 Å². The van der Waals surface area contributed by atoms with E-state index in [-0.39, 0.29) is 40.0 Å². The molecule has 2 saturated heterocycles. The van der Waals surface area contributed by atoms with Crippen molar-refractivity contribution >= 4 is 33.4 Å². The molecule has 2 atom stereocenters. The fourth-order valence-electron chi connectivity index (χ4n) is 5.53. The molecule has 0 aliphatic carbocycles. The molecule has 1 aromatic carbocycles. The van der Waals surface area contributed by atoms with Crippen molar-refractivity contribution in [1.29, 1.82) is 0 Å². The smallest absolute Gasteiger partial charge is 0.333 e. The lowest BCUT2D eigenvalue weighted by molar-refractivity contribution is -0.385. The molecule has 2 aliphatic heterocycles. The lowest BCUT2D eigenvalue weighted by atomic mass is 10.2. The minimum atomic E-state index is -4.00. The Morgan fingerprint density at radius 2 is 1.17 bits per heavy atom. The molecule has 2 fully saturated rings. The summed E-state index contributed by atoms with van der Waals surface area (Å²) in [4.78, 5) is 51.0. The monoisotopic (exact) mass is 766 g/mol. The molecule has 0 bridgehead atoms. The van der Waals surface area contributed by atoms with Crippen molar-refractivity contribution in [3.05, 3.63) is 99.4 Å². The molecule has 7 rings (SSSR count). The summed E-state index contributed by atoms with van der Waals surface area (Å²) >= 11 is 0. The summed E-state index contributed by atoms with van der Waals surface area (Å²) in [7, 11) is -4.00. The average molecular weight is 767 g/mol. The number of benzene rings is 1. The molecule has 6 heterocycles. The molecule has 1 N–H and O–H groups in total. The van der Waals surface area contributed by atoms with Gasteiger partial charge in [-0.15, -0.1) is 0 Å². The van der Waals surface area contributed by atoms with E-state index < -0.39 is 20.0 Å². The summed E-state index contributed by atoms with van der Waals surface area (Å²) in [6.07, 6.45) is 9.33. The van der Waals surface area contributed by atoms with Gasteiger partial charge in [-0.25, -0.2) is 19.9 Å². The van der Waals surface area contributed by atoms with Crippen molar-refractivity contribution in [2.75, 3.05) is 49.3 Å². The quantitative estimate of drug-likeness (QED) is 0.142. The summed E-state index contributed by atoms with van der Waals surface area (Å²) in [5.41, 5.74) is 0.445. The first-order valence-corrected chi connectivity index (χ1v) is 17.9. The maximum absolute atomic E-state index is 11.3. The Bertz CT molecular complexity index is 2040. The molecule has 2 aliphatic rings. The first kappa shape index (κ1) is 39.2. The topological polar surface area (TPSA) is 253 Å². The maximum atomic E-state index is 11.3. The van der Waals surface area contributed by atoms with Gasteiger partial charge in [0.2, 0.25) is 23.5 Å². The number of imidazole rings is 2. The van der Waals surface area contributed by atoms with E-state index in [4.69, 9.17) is 14.0 Å². The van der Waals surface area contributed by atoms with Crippen LogP contribution in [0, 0.1) is 34.1 Å². The largest absolute Gasteiger partial charge is 0.377 e. The number of nitrogens with zero attached hydrogens (tertiary/aromatic N) is 12. The van der Waals surface area contributed by atoms with E-state index >= 15 is 0 Å². The molecule has 21 nitrogen and oxygen atoms in total. The van der Waals surface area contributed by atoms with E-state index in [1.807, 2.05) is 23.6 Å². The van der Waals surface area contributed by atoms with Crippen molar-refractivity contribution in [2.24, 2.45) is 0 Å². The molecule has 22 heteroatoms. The molecule has 5 aromatic rings. The number of anilines is 2. The number of rotatable bonds is 7. The Morgan fingerprint density at radius 1 is 0.741 bits per heavy atom. The number of morpholine rings is 2. The van der Waals surface area contributed by atoms with E-state index in [9.17, 15) is 28.6 Å². The molecular weight excluding hydrogens is 728 g/mol. The zero-order chi connectivity index (χ0) is 39.0. The van der Waals surface area contributed by atoms with E-state index in [2.05, 4.69) is 29.9 Å². The predicted molar refractivity (Wildman–Crippen MR) is 193 cm³/mol. The minimum Gasteiger partial charge on any atom is -0.377 e. The van der Waals surface area contributed by atoms with Crippen LogP contribution in [-0.4, -0.2) is 113 Å². The summed E-state index contributed by atoms with van der Waals surface area (Å²) in [5.74, 6) is 1.40. The van der Waals surface area contributed by atoms with Crippen LogP contribution in [0.5, 0.6) is 0 Å². The third-order valence-electron chi connectivity index (χ3n) is 8.21.